The molecule has 1 aliphatic heterocycles. The Hall–Kier alpha value is -2.42. The number of carbonyl (C=O) groups is 2. The minimum atomic E-state index is -3.66. The molecule has 3 rings (SSSR count). The number of amidine groups is 1. The molecule has 0 spiro atoms. The van der Waals surface area contributed by atoms with Crippen molar-refractivity contribution in [2.75, 3.05) is 13.6 Å². The van der Waals surface area contributed by atoms with Crippen molar-refractivity contribution in [2.45, 2.75) is 56.1 Å². The number of likely N-dealkylation sites (N-methyl/N-ethyl adjacent to an activating group) is 1. The van der Waals surface area contributed by atoms with Gasteiger partial charge in [0, 0.05) is 18.7 Å². The standard InChI is InChI=1S/C19H25N3O5S/c1-13(19(24)22(2)14-8-4-3-5-9-14)27-17(23)12-20-18-15-10-6-7-11-16(15)28(25,26)21-18/h6-7,10-11,13-14H,3-5,8-9,12H2,1-2H3,(H,20,21)/t13-/m0/s1. The maximum absolute atomic E-state index is 12.5. The molecule has 0 saturated heterocycles. The SMILES string of the molecule is C[C@H](OC(=O)CN=C1NS(=O)(=O)c2ccccc21)C(=O)N(C)C1CCCCC1. The summed E-state index contributed by atoms with van der Waals surface area (Å²) in [5.74, 6) is -0.820. The third-order valence-electron chi connectivity index (χ3n) is 5.16. The Balaban J connectivity index is 1.58. The van der Waals surface area contributed by atoms with Crippen LogP contribution in [-0.4, -0.2) is 56.8 Å². The third-order valence-corrected chi connectivity index (χ3v) is 6.55. The van der Waals surface area contributed by atoms with Crippen LogP contribution in [0.25, 0.3) is 0 Å². The summed E-state index contributed by atoms with van der Waals surface area (Å²) in [6.45, 7) is 1.16. The van der Waals surface area contributed by atoms with Crippen LogP contribution in [0.15, 0.2) is 34.2 Å². The monoisotopic (exact) mass is 407 g/mol. The highest BCUT2D eigenvalue weighted by atomic mass is 32.2. The summed E-state index contributed by atoms with van der Waals surface area (Å²) in [6.07, 6.45) is 4.42. The van der Waals surface area contributed by atoms with Crippen LogP contribution in [0, 0.1) is 0 Å². The van der Waals surface area contributed by atoms with Crippen molar-refractivity contribution >= 4 is 27.7 Å². The van der Waals surface area contributed by atoms with E-state index in [1.165, 1.54) is 12.5 Å². The molecule has 1 atom stereocenters. The van der Waals surface area contributed by atoms with Crippen molar-refractivity contribution in [1.82, 2.24) is 9.62 Å². The second-order valence-electron chi connectivity index (χ2n) is 7.14. The Morgan fingerprint density at radius 1 is 1.25 bits per heavy atom. The van der Waals surface area contributed by atoms with E-state index in [1.807, 2.05) is 0 Å². The van der Waals surface area contributed by atoms with Gasteiger partial charge in [0.15, 0.2) is 6.10 Å². The van der Waals surface area contributed by atoms with Gasteiger partial charge < -0.3 is 9.64 Å². The van der Waals surface area contributed by atoms with E-state index in [4.69, 9.17) is 4.74 Å². The van der Waals surface area contributed by atoms with Gasteiger partial charge in [0.25, 0.3) is 15.9 Å². The normalized spacial score (nSPS) is 20.9. The second-order valence-corrected chi connectivity index (χ2v) is 8.79. The van der Waals surface area contributed by atoms with Gasteiger partial charge in [-0.2, -0.15) is 0 Å². The van der Waals surface area contributed by atoms with Crippen molar-refractivity contribution < 1.29 is 22.7 Å². The average Bonchev–Trinajstić information content (AvgIpc) is 2.96. The smallest absolute Gasteiger partial charge is 0.328 e. The van der Waals surface area contributed by atoms with Gasteiger partial charge in [0.2, 0.25) is 0 Å². The average molecular weight is 407 g/mol. The van der Waals surface area contributed by atoms with Gasteiger partial charge in [-0.25, -0.2) is 8.42 Å². The first kappa shape index (κ1) is 20.3. The maximum atomic E-state index is 12.5. The molecule has 8 nitrogen and oxygen atoms in total. The van der Waals surface area contributed by atoms with E-state index in [1.54, 1.807) is 37.1 Å². The van der Waals surface area contributed by atoms with Crippen molar-refractivity contribution in [3.05, 3.63) is 29.8 Å². The molecule has 0 bridgehead atoms. The number of hydrogen-bond acceptors (Lipinski definition) is 6. The van der Waals surface area contributed by atoms with E-state index in [9.17, 15) is 18.0 Å². The fourth-order valence-electron chi connectivity index (χ4n) is 3.61. The highest BCUT2D eigenvalue weighted by Gasteiger charge is 2.31. The summed E-state index contributed by atoms with van der Waals surface area (Å²) in [4.78, 5) is 30.4. The highest BCUT2D eigenvalue weighted by molar-refractivity contribution is 7.90. The first-order valence-electron chi connectivity index (χ1n) is 9.42. The first-order valence-corrected chi connectivity index (χ1v) is 10.9. The molecule has 1 aromatic carbocycles. The highest BCUT2D eigenvalue weighted by Crippen LogP contribution is 2.23. The molecule has 1 heterocycles. The molecule has 1 amide bonds. The minimum Gasteiger partial charge on any atom is -0.451 e. The Morgan fingerprint density at radius 3 is 2.64 bits per heavy atom. The number of esters is 1. The molecule has 1 N–H and O–H groups in total. The van der Waals surface area contributed by atoms with Crippen LogP contribution in [0.3, 0.4) is 0 Å². The van der Waals surface area contributed by atoms with Crippen molar-refractivity contribution in [3.63, 3.8) is 0 Å². The van der Waals surface area contributed by atoms with E-state index in [-0.39, 0.29) is 29.2 Å². The van der Waals surface area contributed by atoms with E-state index in [0.717, 1.165) is 25.7 Å². The second kappa shape index (κ2) is 8.30. The number of rotatable bonds is 5. The number of ether oxygens (including phenoxy) is 1. The quantitative estimate of drug-likeness (QED) is 0.744. The van der Waals surface area contributed by atoms with Crippen LogP contribution in [0.2, 0.25) is 0 Å². The zero-order chi connectivity index (χ0) is 20.3. The predicted octanol–water partition coefficient (Wildman–Crippen LogP) is 1.45. The lowest BCUT2D eigenvalue weighted by Crippen LogP contribution is -2.44. The lowest BCUT2D eigenvalue weighted by atomic mass is 9.94. The minimum absolute atomic E-state index is 0.103. The lowest BCUT2D eigenvalue weighted by molar-refractivity contribution is -0.158. The Kier molecular flexibility index (Phi) is 6.02. The van der Waals surface area contributed by atoms with Gasteiger partial charge in [0.1, 0.15) is 12.4 Å². The fraction of sp³-hybridized carbons (Fsp3) is 0.526. The van der Waals surface area contributed by atoms with Crippen LogP contribution in [0.4, 0.5) is 0 Å². The largest absolute Gasteiger partial charge is 0.451 e. The van der Waals surface area contributed by atoms with Gasteiger partial charge in [-0.3, -0.25) is 19.3 Å². The van der Waals surface area contributed by atoms with Crippen LogP contribution < -0.4 is 4.72 Å². The molecule has 1 aromatic rings. The number of nitrogens with zero attached hydrogens (tertiary/aromatic N) is 2. The first-order chi connectivity index (χ1) is 13.3. The number of hydrogen-bond donors (Lipinski definition) is 1. The zero-order valence-electron chi connectivity index (χ0n) is 16.1. The predicted molar refractivity (Wildman–Crippen MR) is 103 cm³/mol. The van der Waals surface area contributed by atoms with E-state index in [2.05, 4.69) is 9.71 Å². The van der Waals surface area contributed by atoms with E-state index >= 15 is 0 Å². The molecule has 1 saturated carbocycles. The summed E-state index contributed by atoms with van der Waals surface area (Å²) in [6, 6.07) is 6.58. The van der Waals surface area contributed by atoms with Crippen LogP contribution in [-0.2, 0) is 24.3 Å². The molecule has 2 aliphatic rings. The van der Waals surface area contributed by atoms with Crippen molar-refractivity contribution in [1.29, 1.82) is 0 Å². The molecule has 1 aliphatic carbocycles. The number of amides is 1. The van der Waals surface area contributed by atoms with Crippen LogP contribution >= 0.6 is 0 Å². The molecule has 9 heteroatoms. The molecule has 0 unspecified atom stereocenters. The molecular formula is C19H25N3O5S. The summed E-state index contributed by atoms with van der Waals surface area (Å²) >= 11 is 0. The number of sulfonamides is 1. The summed E-state index contributed by atoms with van der Waals surface area (Å²) in [5.41, 5.74) is 0.413. The fourth-order valence-corrected chi connectivity index (χ4v) is 4.87. The maximum Gasteiger partial charge on any atom is 0.328 e. The lowest BCUT2D eigenvalue weighted by Gasteiger charge is -2.32. The van der Waals surface area contributed by atoms with Crippen molar-refractivity contribution in [2.24, 2.45) is 4.99 Å². The summed E-state index contributed by atoms with van der Waals surface area (Å²) in [5, 5.41) is 0. The van der Waals surface area contributed by atoms with Gasteiger partial charge >= 0.3 is 5.97 Å². The number of carbonyl (C=O) groups excluding carboxylic acids is 2. The summed E-state index contributed by atoms with van der Waals surface area (Å²) in [7, 11) is -1.91. The molecule has 28 heavy (non-hydrogen) atoms. The van der Waals surface area contributed by atoms with Gasteiger partial charge in [-0.05, 0) is 31.9 Å². The molecule has 0 radical (unpaired) electrons. The third kappa shape index (κ3) is 4.35. The zero-order valence-corrected chi connectivity index (χ0v) is 16.9. The summed E-state index contributed by atoms with van der Waals surface area (Å²) < 4.78 is 31.6. The molecular weight excluding hydrogens is 382 g/mol. The molecule has 0 aromatic heterocycles. The van der Waals surface area contributed by atoms with Crippen LogP contribution in [0.5, 0.6) is 0 Å². The van der Waals surface area contributed by atoms with Crippen molar-refractivity contribution in [3.8, 4) is 0 Å². The van der Waals surface area contributed by atoms with Gasteiger partial charge in [-0.15, -0.1) is 0 Å². The number of nitrogens with one attached hydrogen (secondary N) is 1. The molecule has 152 valence electrons. The Labute approximate surface area is 165 Å². The number of fused-ring (bicyclic) bond motifs is 1. The molecule has 1 fully saturated rings. The Morgan fingerprint density at radius 2 is 1.93 bits per heavy atom. The number of benzene rings is 1. The van der Waals surface area contributed by atoms with E-state index in [0.29, 0.717) is 5.56 Å². The van der Waals surface area contributed by atoms with Crippen LogP contribution in [0.1, 0.15) is 44.6 Å². The van der Waals surface area contributed by atoms with E-state index < -0.39 is 22.1 Å². The topological polar surface area (TPSA) is 105 Å². The Bertz CT molecular complexity index is 891. The van der Waals surface area contributed by atoms with Gasteiger partial charge in [-0.1, -0.05) is 31.4 Å². The number of aliphatic imine (C=N–C) groups is 1. The van der Waals surface area contributed by atoms with Gasteiger partial charge in [0.05, 0.1) is 4.90 Å².